The number of pyridine rings is 1. The molecule has 0 saturated heterocycles. The Morgan fingerprint density at radius 2 is 1.65 bits per heavy atom. The predicted octanol–water partition coefficient (Wildman–Crippen LogP) is 3.28. The van der Waals surface area contributed by atoms with Gasteiger partial charge >= 0.3 is 0 Å². The molecule has 0 atom stereocenters. The first kappa shape index (κ1) is 11.7. The number of aryl methyl sites for hydroxylation is 2. The summed E-state index contributed by atoms with van der Waals surface area (Å²) in [4.78, 5) is 13.3. The van der Waals surface area contributed by atoms with Crippen molar-refractivity contribution >= 4 is 0 Å². The van der Waals surface area contributed by atoms with Crippen LogP contribution in [0.3, 0.4) is 0 Å². The van der Waals surface area contributed by atoms with Crippen LogP contribution in [-0.4, -0.2) is 15.0 Å². The van der Waals surface area contributed by atoms with E-state index in [2.05, 4.69) is 34.9 Å². The number of rotatable bonds is 2. The van der Waals surface area contributed by atoms with E-state index in [0.29, 0.717) is 5.92 Å². The van der Waals surface area contributed by atoms with Gasteiger partial charge in [-0.05, 0) is 38.0 Å². The molecule has 2 aromatic rings. The van der Waals surface area contributed by atoms with Crippen molar-refractivity contribution in [2.45, 2.75) is 33.6 Å². The van der Waals surface area contributed by atoms with Crippen molar-refractivity contribution < 1.29 is 0 Å². The molecular formula is C14H17N3. The van der Waals surface area contributed by atoms with Gasteiger partial charge in [0.2, 0.25) is 0 Å². The molecule has 0 saturated carbocycles. The minimum atomic E-state index is 0.417. The second-order valence-electron chi connectivity index (χ2n) is 4.60. The van der Waals surface area contributed by atoms with Crippen molar-refractivity contribution in [2.24, 2.45) is 0 Å². The van der Waals surface area contributed by atoms with Gasteiger partial charge in [0.25, 0.3) is 0 Å². The summed E-state index contributed by atoms with van der Waals surface area (Å²) in [5, 5.41) is 0. The van der Waals surface area contributed by atoms with E-state index in [1.807, 2.05) is 32.2 Å². The van der Waals surface area contributed by atoms with Crippen LogP contribution in [0.15, 0.2) is 24.4 Å². The third-order valence-electron chi connectivity index (χ3n) is 2.61. The fraction of sp³-hybridized carbons (Fsp3) is 0.357. The Labute approximate surface area is 102 Å². The highest BCUT2D eigenvalue weighted by Gasteiger charge is 2.06. The quantitative estimate of drug-likeness (QED) is 0.790. The minimum absolute atomic E-state index is 0.417. The lowest BCUT2D eigenvalue weighted by Gasteiger charge is -2.07. The Hall–Kier alpha value is -1.77. The van der Waals surface area contributed by atoms with Crippen molar-refractivity contribution in [2.75, 3.05) is 0 Å². The van der Waals surface area contributed by atoms with Crippen LogP contribution in [0.4, 0.5) is 0 Å². The third kappa shape index (κ3) is 2.67. The van der Waals surface area contributed by atoms with Gasteiger partial charge < -0.3 is 0 Å². The second-order valence-corrected chi connectivity index (χ2v) is 4.60. The molecule has 2 heterocycles. The Kier molecular flexibility index (Phi) is 3.18. The fourth-order valence-electron chi connectivity index (χ4n) is 1.76. The van der Waals surface area contributed by atoms with Gasteiger partial charge in [-0.1, -0.05) is 13.8 Å². The normalized spacial score (nSPS) is 10.9. The minimum Gasteiger partial charge on any atom is -0.261 e. The average molecular weight is 227 g/mol. The molecule has 88 valence electrons. The van der Waals surface area contributed by atoms with Gasteiger partial charge in [0.05, 0.1) is 0 Å². The van der Waals surface area contributed by atoms with E-state index in [9.17, 15) is 0 Å². The van der Waals surface area contributed by atoms with E-state index in [1.165, 1.54) is 0 Å². The Balaban J connectivity index is 2.49. The van der Waals surface area contributed by atoms with E-state index in [1.54, 1.807) is 0 Å². The number of hydrogen-bond acceptors (Lipinski definition) is 3. The largest absolute Gasteiger partial charge is 0.261 e. The molecule has 0 amide bonds. The van der Waals surface area contributed by atoms with Crippen LogP contribution in [0.25, 0.3) is 11.4 Å². The second kappa shape index (κ2) is 4.62. The summed E-state index contributed by atoms with van der Waals surface area (Å²) >= 11 is 0. The molecule has 3 nitrogen and oxygen atoms in total. The molecule has 0 fully saturated rings. The molecule has 0 N–H and O–H groups in total. The molecule has 2 rings (SSSR count). The van der Waals surface area contributed by atoms with Crippen LogP contribution in [0.5, 0.6) is 0 Å². The first-order valence-electron chi connectivity index (χ1n) is 5.85. The number of nitrogens with zero attached hydrogens (tertiary/aromatic N) is 3. The van der Waals surface area contributed by atoms with E-state index in [0.717, 1.165) is 28.5 Å². The van der Waals surface area contributed by atoms with Crippen LogP contribution in [0, 0.1) is 13.8 Å². The van der Waals surface area contributed by atoms with Crippen molar-refractivity contribution in [3.8, 4) is 11.4 Å². The van der Waals surface area contributed by atoms with Gasteiger partial charge in [0.1, 0.15) is 0 Å². The maximum Gasteiger partial charge on any atom is 0.159 e. The highest BCUT2D eigenvalue weighted by Crippen LogP contribution is 2.19. The van der Waals surface area contributed by atoms with E-state index in [4.69, 9.17) is 0 Å². The Bertz CT molecular complexity index is 512. The van der Waals surface area contributed by atoms with Crippen molar-refractivity contribution in [3.05, 3.63) is 41.5 Å². The summed E-state index contributed by atoms with van der Waals surface area (Å²) in [5.74, 6) is 1.20. The van der Waals surface area contributed by atoms with Gasteiger partial charge in [-0.15, -0.1) is 0 Å². The molecule has 17 heavy (non-hydrogen) atoms. The molecule has 0 aliphatic heterocycles. The molecule has 2 aromatic heterocycles. The molecule has 0 aliphatic rings. The molecular weight excluding hydrogens is 210 g/mol. The standard InChI is InChI=1S/C14H17N3/c1-9(2)13-8-12(5-6-15-13)14-16-10(3)7-11(4)17-14/h5-9H,1-4H3. The number of aromatic nitrogens is 3. The molecule has 0 bridgehead atoms. The lowest BCUT2D eigenvalue weighted by atomic mass is 10.1. The zero-order valence-electron chi connectivity index (χ0n) is 10.7. The van der Waals surface area contributed by atoms with Crippen LogP contribution in [0.1, 0.15) is 36.8 Å². The summed E-state index contributed by atoms with van der Waals surface area (Å²) < 4.78 is 0. The highest BCUT2D eigenvalue weighted by atomic mass is 14.9. The average Bonchev–Trinajstić information content (AvgIpc) is 2.28. The maximum atomic E-state index is 4.47. The van der Waals surface area contributed by atoms with Gasteiger partial charge in [-0.3, -0.25) is 4.98 Å². The summed E-state index contributed by atoms with van der Waals surface area (Å²) in [7, 11) is 0. The lowest BCUT2D eigenvalue weighted by molar-refractivity contribution is 0.823. The predicted molar refractivity (Wildman–Crippen MR) is 68.8 cm³/mol. The molecule has 0 spiro atoms. The number of hydrogen-bond donors (Lipinski definition) is 0. The molecule has 0 unspecified atom stereocenters. The van der Waals surface area contributed by atoms with E-state index < -0.39 is 0 Å². The van der Waals surface area contributed by atoms with E-state index >= 15 is 0 Å². The summed E-state index contributed by atoms with van der Waals surface area (Å²) in [6.45, 7) is 8.24. The van der Waals surface area contributed by atoms with Crippen molar-refractivity contribution in [1.29, 1.82) is 0 Å². The third-order valence-corrected chi connectivity index (χ3v) is 2.61. The highest BCUT2D eigenvalue weighted by molar-refractivity contribution is 5.55. The molecule has 3 heteroatoms. The topological polar surface area (TPSA) is 38.7 Å². The van der Waals surface area contributed by atoms with E-state index in [-0.39, 0.29) is 0 Å². The Morgan fingerprint density at radius 1 is 1.00 bits per heavy atom. The van der Waals surface area contributed by atoms with Crippen LogP contribution >= 0.6 is 0 Å². The van der Waals surface area contributed by atoms with Crippen molar-refractivity contribution in [3.63, 3.8) is 0 Å². The van der Waals surface area contributed by atoms with Crippen LogP contribution < -0.4 is 0 Å². The van der Waals surface area contributed by atoms with Gasteiger partial charge in [-0.25, -0.2) is 9.97 Å². The summed E-state index contributed by atoms with van der Waals surface area (Å²) in [6, 6.07) is 6.01. The Morgan fingerprint density at radius 3 is 2.24 bits per heavy atom. The van der Waals surface area contributed by atoms with Gasteiger partial charge in [-0.2, -0.15) is 0 Å². The summed E-state index contributed by atoms with van der Waals surface area (Å²) in [5.41, 5.74) is 4.10. The summed E-state index contributed by atoms with van der Waals surface area (Å²) in [6.07, 6.45) is 1.83. The zero-order chi connectivity index (χ0) is 12.4. The fourth-order valence-corrected chi connectivity index (χ4v) is 1.76. The van der Waals surface area contributed by atoms with Crippen molar-refractivity contribution in [1.82, 2.24) is 15.0 Å². The monoisotopic (exact) mass is 227 g/mol. The van der Waals surface area contributed by atoms with Gasteiger partial charge in [0.15, 0.2) is 5.82 Å². The zero-order valence-corrected chi connectivity index (χ0v) is 10.7. The molecule has 0 aliphatic carbocycles. The van der Waals surface area contributed by atoms with Crippen LogP contribution in [0.2, 0.25) is 0 Å². The van der Waals surface area contributed by atoms with Crippen LogP contribution in [-0.2, 0) is 0 Å². The first-order chi connectivity index (χ1) is 8.06. The molecule has 0 aromatic carbocycles. The first-order valence-corrected chi connectivity index (χ1v) is 5.85. The van der Waals surface area contributed by atoms with Gasteiger partial charge in [0, 0.05) is 28.8 Å². The maximum absolute atomic E-state index is 4.47. The smallest absolute Gasteiger partial charge is 0.159 e. The SMILES string of the molecule is Cc1cc(C)nc(-c2ccnc(C(C)C)c2)n1. The molecule has 0 radical (unpaired) electrons. The lowest BCUT2D eigenvalue weighted by Crippen LogP contribution is -1.97.